The van der Waals surface area contributed by atoms with Crippen molar-refractivity contribution < 1.29 is 9.59 Å². The molecule has 0 atom stereocenters. The molecule has 27 heavy (non-hydrogen) atoms. The minimum atomic E-state index is -0.0345. The Balaban J connectivity index is 1.53. The summed E-state index contributed by atoms with van der Waals surface area (Å²) in [6.07, 6.45) is 1.57. The van der Waals surface area contributed by atoms with Gasteiger partial charge in [0.1, 0.15) is 0 Å². The van der Waals surface area contributed by atoms with Crippen molar-refractivity contribution in [1.82, 2.24) is 10.2 Å². The van der Waals surface area contributed by atoms with Crippen molar-refractivity contribution in [3.8, 4) is 0 Å². The fraction of sp³-hybridized carbons (Fsp3) is 0.391. The molecule has 3 rings (SSSR count). The number of likely N-dealkylation sites (tertiary alicyclic amines) is 1. The van der Waals surface area contributed by atoms with Gasteiger partial charge in [0.15, 0.2) is 0 Å². The summed E-state index contributed by atoms with van der Waals surface area (Å²) in [6.45, 7) is 7.61. The summed E-state index contributed by atoms with van der Waals surface area (Å²) < 4.78 is 0. The van der Waals surface area contributed by atoms with Crippen molar-refractivity contribution in [2.75, 3.05) is 13.1 Å². The molecular weight excluding hydrogens is 336 g/mol. The van der Waals surface area contributed by atoms with Crippen molar-refractivity contribution in [3.63, 3.8) is 0 Å². The number of hydrogen-bond donors (Lipinski definition) is 1. The maximum absolute atomic E-state index is 12.7. The summed E-state index contributed by atoms with van der Waals surface area (Å²) >= 11 is 0. The SMILES string of the molecule is Cc1cccc(C(=O)NC2CCN(C(=O)c3ccc(C(C)C)cc3)CC2)c1. The van der Waals surface area contributed by atoms with Crippen LogP contribution in [0.4, 0.5) is 0 Å². The molecule has 0 aromatic heterocycles. The molecule has 1 fully saturated rings. The molecule has 0 saturated carbocycles. The zero-order valence-electron chi connectivity index (χ0n) is 16.4. The molecule has 0 unspecified atom stereocenters. The van der Waals surface area contributed by atoms with Crippen LogP contribution in [-0.2, 0) is 0 Å². The predicted octanol–water partition coefficient (Wildman–Crippen LogP) is 4.15. The van der Waals surface area contributed by atoms with Gasteiger partial charge >= 0.3 is 0 Å². The largest absolute Gasteiger partial charge is 0.349 e. The molecule has 1 N–H and O–H groups in total. The first-order chi connectivity index (χ1) is 12.9. The first-order valence-corrected chi connectivity index (χ1v) is 9.71. The first-order valence-electron chi connectivity index (χ1n) is 9.71. The average Bonchev–Trinajstić information content (AvgIpc) is 2.68. The lowest BCUT2D eigenvalue weighted by Gasteiger charge is -2.32. The third-order valence-corrected chi connectivity index (χ3v) is 5.22. The molecule has 1 saturated heterocycles. The van der Waals surface area contributed by atoms with Crippen LogP contribution < -0.4 is 5.32 Å². The fourth-order valence-electron chi connectivity index (χ4n) is 3.48. The van der Waals surface area contributed by atoms with Gasteiger partial charge in [-0.25, -0.2) is 0 Å². The number of benzene rings is 2. The van der Waals surface area contributed by atoms with Gasteiger partial charge in [-0.2, -0.15) is 0 Å². The molecule has 2 aromatic carbocycles. The summed E-state index contributed by atoms with van der Waals surface area (Å²) in [7, 11) is 0. The summed E-state index contributed by atoms with van der Waals surface area (Å²) in [5.41, 5.74) is 3.75. The van der Waals surface area contributed by atoms with Gasteiger partial charge in [0.2, 0.25) is 0 Å². The quantitative estimate of drug-likeness (QED) is 0.886. The van der Waals surface area contributed by atoms with Crippen LogP contribution in [0.3, 0.4) is 0 Å². The molecule has 1 heterocycles. The summed E-state index contributed by atoms with van der Waals surface area (Å²) in [6, 6.07) is 15.6. The lowest BCUT2D eigenvalue weighted by atomic mass is 10.00. The van der Waals surface area contributed by atoms with E-state index in [9.17, 15) is 9.59 Å². The molecular formula is C23H28N2O2. The van der Waals surface area contributed by atoms with Gasteiger partial charge in [-0.05, 0) is 55.5 Å². The molecule has 142 valence electrons. The molecule has 1 aliphatic rings. The maximum atomic E-state index is 12.7. The average molecular weight is 364 g/mol. The highest BCUT2D eigenvalue weighted by Crippen LogP contribution is 2.18. The molecule has 0 spiro atoms. The third-order valence-electron chi connectivity index (χ3n) is 5.22. The molecule has 1 aliphatic heterocycles. The molecule has 2 amide bonds. The van der Waals surface area contributed by atoms with E-state index in [0.29, 0.717) is 24.6 Å². The standard InChI is InChI=1S/C23H28N2O2/c1-16(2)18-7-9-19(10-8-18)23(27)25-13-11-21(12-14-25)24-22(26)20-6-4-5-17(3)15-20/h4-10,15-16,21H,11-14H2,1-3H3,(H,24,26). The van der Waals surface area contributed by atoms with E-state index in [1.165, 1.54) is 5.56 Å². The first kappa shape index (κ1) is 19.2. The van der Waals surface area contributed by atoms with Crippen LogP contribution in [0.2, 0.25) is 0 Å². The Morgan fingerprint density at radius 2 is 1.67 bits per heavy atom. The second-order valence-corrected chi connectivity index (χ2v) is 7.69. The lowest BCUT2D eigenvalue weighted by molar-refractivity contribution is 0.0698. The highest BCUT2D eigenvalue weighted by Gasteiger charge is 2.25. The van der Waals surface area contributed by atoms with Crippen molar-refractivity contribution in [3.05, 3.63) is 70.8 Å². The van der Waals surface area contributed by atoms with Gasteiger partial charge in [0.05, 0.1) is 0 Å². The monoisotopic (exact) mass is 364 g/mol. The van der Waals surface area contributed by atoms with E-state index < -0.39 is 0 Å². The number of aryl methyl sites for hydroxylation is 1. The molecule has 0 aliphatic carbocycles. The number of hydrogen-bond acceptors (Lipinski definition) is 2. The third kappa shape index (κ3) is 4.76. The Labute approximate surface area is 161 Å². The van der Waals surface area contributed by atoms with E-state index in [4.69, 9.17) is 0 Å². The van der Waals surface area contributed by atoms with E-state index in [2.05, 4.69) is 19.2 Å². The van der Waals surface area contributed by atoms with Gasteiger partial charge in [-0.3, -0.25) is 9.59 Å². The molecule has 2 aromatic rings. The maximum Gasteiger partial charge on any atom is 0.253 e. The van der Waals surface area contributed by atoms with Crippen LogP contribution in [0.25, 0.3) is 0 Å². The van der Waals surface area contributed by atoms with Gasteiger partial charge in [-0.15, -0.1) is 0 Å². The Morgan fingerprint density at radius 3 is 2.26 bits per heavy atom. The minimum Gasteiger partial charge on any atom is -0.349 e. The Hall–Kier alpha value is -2.62. The number of nitrogens with one attached hydrogen (secondary N) is 1. The Morgan fingerprint density at radius 1 is 1.00 bits per heavy atom. The lowest BCUT2D eigenvalue weighted by Crippen LogP contribution is -2.46. The highest BCUT2D eigenvalue weighted by atomic mass is 16.2. The van der Waals surface area contributed by atoms with E-state index >= 15 is 0 Å². The number of nitrogens with zero attached hydrogens (tertiary/aromatic N) is 1. The van der Waals surface area contributed by atoms with Crippen LogP contribution in [0.5, 0.6) is 0 Å². The number of piperidine rings is 1. The van der Waals surface area contributed by atoms with Crippen LogP contribution in [0.1, 0.15) is 64.4 Å². The second kappa shape index (κ2) is 8.38. The van der Waals surface area contributed by atoms with Crippen LogP contribution in [0, 0.1) is 6.92 Å². The Kier molecular flexibility index (Phi) is 5.94. The van der Waals surface area contributed by atoms with Crippen molar-refractivity contribution in [2.45, 2.75) is 45.6 Å². The zero-order valence-corrected chi connectivity index (χ0v) is 16.4. The molecule has 4 heteroatoms. The van der Waals surface area contributed by atoms with E-state index in [-0.39, 0.29) is 17.9 Å². The summed E-state index contributed by atoms with van der Waals surface area (Å²) in [5, 5.41) is 3.10. The van der Waals surface area contributed by atoms with Gasteiger partial charge in [0.25, 0.3) is 11.8 Å². The molecule has 0 bridgehead atoms. The van der Waals surface area contributed by atoms with Crippen LogP contribution in [0.15, 0.2) is 48.5 Å². The number of amides is 2. The van der Waals surface area contributed by atoms with Crippen molar-refractivity contribution >= 4 is 11.8 Å². The van der Waals surface area contributed by atoms with Crippen LogP contribution in [-0.4, -0.2) is 35.8 Å². The number of carbonyl (C=O) groups excluding carboxylic acids is 2. The van der Waals surface area contributed by atoms with Crippen molar-refractivity contribution in [1.29, 1.82) is 0 Å². The molecule has 4 nitrogen and oxygen atoms in total. The van der Waals surface area contributed by atoms with Crippen molar-refractivity contribution in [2.24, 2.45) is 0 Å². The van der Waals surface area contributed by atoms with Crippen LogP contribution >= 0.6 is 0 Å². The van der Waals surface area contributed by atoms with E-state index in [1.54, 1.807) is 0 Å². The number of rotatable bonds is 4. The minimum absolute atomic E-state index is 0.0345. The van der Waals surface area contributed by atoms with Gasteiger partial charge in [0, 0.05) is 30.3 Å². The summed E-state index contributed by atoms with van der Waals surface area (Å²) in [5.74, 6) is 0.503. The van der Waals surface area contributed by atoms with E-state index in [0.717, 1.165) is 24.0 Å². The second-order valence-electron chi connectivity index (χ2n) is 7.69. The topological polar surface area (TPSA) is 49.4 Å². The van der Waals surface area contributed by atoms with E-state index in [1.807, 2.05) is 60.4 Å². The smallest absolute Gasteiger partial charge is 0.253 e. The summed E-state index contributed by atoms with van der Waals surface area (Å²) in [4.78, 5) is 27.0. The zero-order chi connectivity index (χ0) is 19.4. The Bertz CT molecular complexity index is 803. The van der Waals surface area contributed by atoms with Gasteiger partial charge < -0.3 is 10.2 Å². The predicted molar refractivity (Wildman–Crippen MR) is 108 cm³/mol. The van der Waals surface area contributed by atoms with Gasteiger partial charge in [-0.1, -0.05) is 43.7 Å². The molecule has 0 radical (unpaired) electrons. The normalized spacial score (nSPS) is 15.0. The highest BCUT2D eigenvalue weighted by molar-refractivity contribution is 5.95. The number of carbonyl (C=O) groups is 2. The fourth-order valence-corrected chi connectivity index (χ4v) is 3.48.